The molecule has 1 aromatic carbocycles. The van der Waals surface area contributed by atoms with Gasteiger partial charge in [-0.15, -0.1) is 0 Å². The zero-order chi connectivity index (χ0) is 13.4. The molecule has 100 valence electrons. The second-order valence-electron chi connectivity index (χ2n) is 4.79. The third-order valence-corrected chi connectivity index (χ3v) is 3.78. The molecular weight excluding hydrogens is 243 g/mol. The van der Waals surface area contributed by atoms with E-state index in [1.807, 2.05) is 0 Å². The minimum atomic E-state index is -4.36. The van der Waals surface area contributed by atoms with Crippen LogP contribution in [0.5, 0.6) is 5.75 Å². The van der Waals surface area contributed by atoms with Crippen LogP contribution in [0.4, 0.5) is 13.2 Å². The SMILES string of the molecule is COc1cc(C(F)(F)F)cc(C2(CN)CCC2)c1. The van der Waals surface area contributed by atoms with E-state index in [9.17, 15) is 13.2 Å². The lowest BCUT2D eigenvalue weighted by atomic mass is 9.64. The smallest absolute Gasteiger partial charge is 0.416 e. The molecule has 0 saturated heterocycles. The standard InChI is InChI=1S/C13H16F3NO/c1-18-11-6-9(12(8-17)3-2-4-12)5-10(7-11)13(14,15)16/h5-7H,2-4,8,17H2,1H3. The fraction of sp³-hybridized carbons (Fsp3) is 0.538. The number of halogens is 3. The first kappa shape index (κ1) is 13.2. The fourth-order valence-corrected chi connectivity index (χ4v) is 2.40. The highest BCUT2D eigenvalue weighted by molar-refractivity contribution is 5.41. The van der Waals surface area contributed by atoms with Crippen LogP contribution in [0.1, 0.15) is 30.4 Å². The molecule has 1 fully saturated rings. The highest BCUT2D eigenvalue weighted by Crippen LogP contribution is 2.45. The highest BCUT2D eigenvalue weighted by atomic mass is 19.4. The second-order valence-corrected chi connectivity index (χ2v) is 4.79. The van der Waals surface area contributed by atoms with Gasteiger partial charge in [-0.2, -0.15) is 13.2 Å². The summed E-state index contributed by atoms with van der Waals surface area (Å²) in [6, 6.07) is 3.89. The molecular formula is C13H16F3NO. The van der Waals surface area contributed by atoms with E-state index in [2.05, 4.69) is 0 Å². The summed E-state index contributed by atoms with van der Waals surface area (Å²) >= 11 is 0. The number of rotatable bonds is 3. The van der Waals surface area contributed by atoms with Crippen LogP contribution in [-0.2, 0) is 11.6 Å². The average molecular weight is 259 g/mol. The van der Waals surface area contributed by atoms with Crippen molar-refractivity contribution in [1.29, 1.82) is 0 Å². The van der Waals surface area contributed by atoms with Crippen molar-refractivity contribution in [2.75, 3.05) is 13.7 Å². The Hall–Kier alpha value is -1.23. The topological polar surface area (TPSA) is 35.2 Å². The molecule has 2 rings (SSSR count). The van der Waals surface area contributed by atoms with Crippen LogP contribution in [0.25, 0.3) is 0 Å². The molecule has 0 spiro atoms. The summed E-state index contributed by atoms with van der Waals surface area (Å²) in [5.41, 5.74) is 5.40. The lowest BCUT2D eigenvalue weighted by Crippen LogP contribution is -2.41. The maximum atomic E-state index is 12.8. The minimum Gasteiger partial charge on any atom is -0.497 e. The molecule has 0 amide bonds. The van der Waals surface area contributed by atoms with Gasteiger partial charge in [-0.1, -0.05) is 6.42 Å². The van der Waals surface area contributed by atoms with Crippen LogP contribution in [0.3, 0.4) is 0 Å². The Kier molecular flexibility index (Phi) is 3.27. The molecule has 18 heavy (non-hydrogen) atoms. The maximum absolute atomic E-state index is 12.8. The molecule has 0 atom stereocenters. The summed E-state index contributed by atoms with van der Waals surface area (Å²) in [6.45, 7) is 0.372. The van der Waals surface area contributed by atoms with Gasteiger partial charge in [0.2, 0.25) is 0 Å². The number of hydrogen-bond donors (Lipinski definition) is 1. The van der Waals surface area contributed by atoms with Crippen molar-refractivity contribution in [3.8, 4) is 5.75 Å². The number of methoxy groups -OCH3 is 1. The summed E-state index contributed by atoms with van der Waals surface area (Å²) < 4.78 is 43.4. The molecule has 1 aliphatic carbocycles. The van der Waals surface area contributed by atoms with E-state index in [0.717, 1.165) is 25.3 Å². The molecule has 1 aliphatic rings. The Labute approximate surface area is 104 Å². The largest absolute Gasteiger partial charge is 0.497 e. The van der Waals surface area contributed by atoms with Gasteiger partial charge in [0.1, 0.15) is 5.75 Å². The summed E-state index contributed by atoms with van der Waals surface area (Å²) in [7, 11) is 1.37. The monoisotopic (exact) mass is 259 g/mol. The Morgan fingerprint density at radius 1 is 1.28 bits per heavy atom. The Morgan fingerprint density at radius 2 is 1.94 bits per heavy atom. The fourth-order valence-electron chi connectivity index (χ4n) is 2.40. The van der Waals surface area contributed by atoms with Gasteiger partial charge in [-0.3, -0.25) is 0 Å². The van der Waals surface area contributed by atoms with Crippen LogP contribution in [0, 0.1) is 0 Å². The zero-order valence-electron chi connectivity index (χ0n) is 10.2. The number of benzene rings is 1. The van der Waals surface area contributed by atoms with Crippen molar-refractivity contribution < 1.29 is 17.9 Å². The molecule has 2 N–H and O–H groups in total. The molecule has 0 radical (unpaired) electrons. The van der Waals surface area contributed by atoms with Crippen molar-refractivity contribution in [1.82, 2.24) is 0 Å². The number of nitrogens with two attached hydrogens (primary N) is 1. The van der Waals surface area contributed by atoms with E-state index < -0.39 is 11.7 Å². The Morgan fingerprint density at radius 3 is 2.33 bits per heavy atom. The first-order valence-corrected chi connectivity index (χ1v) is 5.88. The maximum Gasteiger partial charge on any atom is 0.416 e. The third-order valence-electron chi connectivity index (χ3n) is 3.78. The van der Waals surface area contributed by atoms with Gasteiger partial charge in [0.25, 0.3) is 0 Å². The average Bonchev–Trinajstić information content (AvgIpc) is 2.27. The van der Waals surface area contributed by atoms with Crippen LogP contribution in [0.15, 0.2) is 18.2 Å². The van der Waals surface area contributed by atoms with E-state index in [0.29, 0.717) is 12.1 Å². The van der Waals surface area contributed by atoms with Gasteiger partial charge in [0.15, 0.2) is 0 Å². The van der Waals surface area contributed by atoms with Gasteiger partial charge in [0.05, 0.1) is 12.7 Å². The molecule has 5 heteroatoms. The van der Waals surface area contributed by atoms with Crippen LogP contribution < -0.4 is 10.5 Å². The molecule has 2 nitrogen and oxygen atoms in total. The molecule has 1 aromatic rings. The van der Waals surface area contributed by atoms with Gasteiger partial charge < -0.3 is 10.5 Å². The summed E-state index contributed by atoms with van der Waals surface area (Å²) in [4.78, 5) is 0. The molecule has 0 bridgehead atoms. The van der Waals surface area contributed by atoms with Gasteiger partial charge in [-0.05, 0) is 36.6 Å². The second kappa shape index (κ2) is 4.46. The lowest BCUT2D eigenvalue weighted by Gasteiger charge is -2.42. The minimum absolute atomic E-state index is 0.236. The third kappa shape index (κ3) is 2.19. The van der Waals surface area contributed by atoms with E-state index >= 15 is 0 Å². The molecule has 0 unspecified atom stereocenters. The van der Waals surface area contributed by atoms with Crippen molar-refractivity contribution in [3.05, 3.63) is 29.3 Å². The predicted octanol–water partition coefficient (Wildman–Crippen LogP) is 3.09. The normalized spacial score (nSPS) is 18.3. The molecule has 0 heterocycles. The van der Waals surface area contributed by atoms with Gasteiger partial charge >= 0.3 is 6.18 Å². The van der Waals surface area contributed by atoms with Crippen LogP contribution in [-0.4, -0.2) is 13.7 Å². The van der Waals surface area contributed by atoms with Crippen molar-refractivity contribution >= 4 is 0 Å². The number of ether oxygens (including phenoxy) is 1. The molecule has 0 aliphatic heterocycles. The summed E-state index contributed by atoms with van der Waals surface area (Å²) in [6.07, 6.45) is -1.67. The van der Waals surface area contributed by atoms with Gasteiger partial charge in [0, 0.05) is 12.0 Å². The number of hydrogen-bond acceptors (Lipinski definition) is 2. The van der Waals surface area contributed by atoms with Crippen molar-refractivity contribution in [2.45, 2.75) is 30.9 Å². The Balaban J connectivity index is 2.47. The van der Waals surface area contributed by atoms with Crippen LogP contribution >= 0.6 is 0 Å². The molecule has 0 aromatic heterocycles. The number of alkyl halides is 3. The van der Waals surface area contributed by atoms with E-state index in [4.69, 9.17) is 10.5 Å². The Bertz CT molecular complexity index is 433. The van der Waals surface area contributed by atoms with E-state index in [1.165, 1.54) is 13.2 Å². The van der Waals surface area contributed by atoms with Gasteiger partial charge in [-0.25, -0.2) is 0 Å². The van der Waals surface area contributed by atoms with Crippen molar-refractivity contribution in [3.63, 3.8) is 0 Å². The quantitative estimate of drug-likeness (QED) is 0.905. The highest BCUT2D eigenvalue weighted by Gasteiger charge is 2.40. The summed E-state index contributed by atoms with van der Waals surface area (Å²) in [5, 5.41) is 0. The first-order valence-electron chi connectivity index (χ1n) is 5.88. The summed E-state index contributed by atoms with van der Waals surface area (Å²) in [5.74, 6) is 0.236. The van der Waals surface area contributed by atoms with E-state index in [-0.39, 0.29) is 11.2 Å². The predicted molar refractivity (Wildman–Crippen MR) is 62.6 cm³/mol. The first-order chi connectivity index (χ1) is 8.41. The van der Waals surface area contributed by atoms with E-state index in [1.54, 1.807) is 6.07 Å². The molecule has 1 saturated carbocycles. The zero-order valence-corrected chi connectivity index (χ0v) is 10.2. The van der Waals surface area contributed by atoms with Crippen LogP contribution in [0.2, 0.25) is 0 Å². The lowest BCUT2D eigenvalue weighted by molar-refractivity contribution is -0.137. The van der Waals surface area contributed by atoms with Crippen molar-refractivity contribution in [2.24, 2.45) is 5.73 Å².